The van der Waals surface area contributed by atoms with Gasteiger partial charge in [0, 0.05) is 0 Å². The molecule has 0 saturated heterocycles. The summed E-state index contributed by atoms with van der Waals surface area (Å²) in [5.41, 5.74) is 0.577. The molecular formula is C12H16N4O2S. The molecule has 102 valence electrons. The van der Waals surface area contributed by atoms with Crippen LogP contribution in [0, 0.1) is 0 Å². The number of aromatic amines is 1. The molecule has 0 aliphatic heterocycles. The first-order chi connectivity index (χ1) is 9.04. The van der Waals surface area contributed by atoms with Crippen LogP contribution < -0.4 is 5.32 Å². The predicted molar refractivity (Wildman–Crippen MR) is 72.6 cm³/mol. The Morgan fingerprint density at radius 1 is 1.37 bits per heavy atom. The van der Waals surface area contributed by atoms with Gasteiger partial charge in [-0.1, -0.05) is 19.1 Å². The number of aromatic nitrogens is 3. The number of nitrogens with one attached hydrogen (secondary N) is 2. The van der Waals surface area contributed by atoms with Gasteiger partial charge in [0.2, 0.25) is 0 Å². The highest BCUT2D eigenvalue weighted by Gasteiger charge is 2.18. The lowest BCUT2D eigenvalue weighted by Gasteiger charge is -2.15. The Labute approximate surface area is 112 Å². The summed E-state index contributed by atoms with van der Waals surface area (Å²) in [5, 5.41) is 9.67. The van der Waals surface area contributed by atoms with E-state index >= 15 is 0 Å². The third kappa shape index (κ3) is 2.93. The number of sulfone groups is 1. The number of benzene rings is 1. The Morgan fingerprint density at radius 2 is 2.11 bits per heavy atom. The standard InChI is InChI=1S/C12H16N4O2S/c1-3-19(17,18)11-7-5-4-6-10(11)15-9(2)12-13-8-14-16-12/h4-9,15H,3H2,1-2H3,(H,13,14,16). The van der Waals surface area contributed by atoms with Crippen LogP contribution in [0.1, 0.15) is 25.7 Å². The average Bonchev–Trinajstić information content (AvgIpc) is 2.93. The Balaban J connectivity index is 2.31. The fourth-order valence-corrected chi connectivity index (χ4v) is 2.80. The maximum absolute atomic E-state index is 12.0. The number of nitrogens with zero attached hydrogens (tertiary/aromatic N) is 2. The van der Waals surface area contributed by atoms with Gasteiger partial charge in [-0.3, -0.25) is 5.10 Å². The SMILES string of the molecule is CCS(=O)(=O)c1ccccc1NC(C)c1ncn[nH]1. The summed E-state index contributed by atoms with van der Waals surface area (Å²) in [6.45, 7) is 3.52. The van der Waals surface area contributed by atoms with Crippen molar-refractivity contribution in [1.82, 2.24) is 15.2 Å². The number of anilines is 1. The lowest BCUT2D eigenvalue weighted by Crippen LogP contribution is -2.13. The van der Waals surface area contributed by atoms with Crippen molar-refractivity contribution in [2.45, 2.75) is 24.8 Å². The molecule has 1 unspecified atom stereocenters. The van der Waals surface area contributed by atoms with Crippen LogP contribution in [-0.4, -0.2) is 29.4 Å². The smallest absolute Gasteiger partial charge is 0.180 e. The number of hydrogen-bond acceptors (Lipinski definition) is 5. The summed E-state index contributed by atoms with van der Waals surface area (Å²) in [5.74, 6) is 0.728. The van der Waals surface area contributed by atoms with Crippen molar-refractivity contribution in [3.8, 4) is 0 Å². The van der Waals surface area contributed by atoms with Crippen molar-refractivity contribution in [3.63, 3.8) is 0 Å². The van der Waals surface area contributed by atoms with E-state index in [0.717, 1.165) is 0 Å². The summed E-state index contributed by atoms with van der Waals surface area (Å²) >= 11 is 0. The molecule has 0 aliphatic carbocycles. The van der Waals surface area contributed by atoms with E-state index in [0.29, 0.717) is 16.4 Å². The van der Waals surface area contributed by atoms with Gasteiger partial charge in [0.05, 0.1) is 22.4 Å². The van der Waals surface area contributed by atoms with E-state index in [-0.39, 0.29) is 11.8 Å². The van der Waals surface area contributed by atoms with Crippen LogP contribution in [0.25, 0.3) is 0 Å². The van der Waals surface area contributed by atoms with Crippen LogP contribution in [0.15, 0.2) is 35.5 Å². The molecular weight excluding hydrogens is 264 g/mol. The lowest BCUT2D eigenvalue weighted by molar-refractivity contribution is 0.597. The maximum atomic E-state index is 12.0. The monoisotopic (exact) mass is 280 g/mol. The highest BCUT2D eigenvalue weighted by molar-refractivity contribution is 7.91. The maximum Gasteiger partial charge on any atom is 0.180 e. The van der Waals surface area contributed by atoms with Crippen LogP contribution in [-0.2, 0) is 9.84 Å². The van der Waals surface area contributed by atoms with Crippen LogP contribution in [0.4, 0.5) is 5.69 Å². The first-order valence-electron chi connectivity index (χ1n) is 5.98. The Morgan fingerprint density at radius 3 is 2.74 bits per heavy atom. The van der Waals surface area contributed by atoms with E-state index in [2.05, 4.69) is 20.5 Å². The topological polar surface area (TPSA) is 87.7 Å². The lowest BCUT2D eigenvalue weighted by atomic mass is 10.2. The van der Waals surface area contributed by atoms with Crippen molar-refractivity contribution in [3.05, 3.63) is 36.4 Å². The molecule has 0 bridgehead atoms. The largest absolute Gasteiger partial charge is 0.374 e. The van der Waals surface area contributed by atoms with Crippen LogP contribution in [0.5, 0.6) is 0 Å². The van der Waals surface area contributed by atoms with Gasteiger partial charge in [0.15, 0.2) is 9.84 Å². The molecule has 0 aliphatic rings. The van der Waals surface area contributed by atoms with Crippen molar-refractivity contribution >= 4 is 15.5 Å². The minimum atomic E-state index is -3.25. The third-order valence-electron chi connectivity index (χ3n) is 2.82. The molecule has 1 heterocycles. The normalized spacial score (nSPS) is 13.2. The van der Waals surface area contributed by atoms with E-state index in [4.69, 9.17) is 0 Å². The van der Waals surface area contributed by atoms with E-state index < -0.39 is 9.84 Å². The summed E-state index contributed by atoms with van der Waals surface area (Å²) in [6.07, 6.45) is 1.42. The molecule has 0 radical (unpaired) electrons. The molecule has 0 amide bonds. The summed E-state index contributed by atoms with van der Waals surface area (Å²) in [7, 11) is -3.25. The summed E-state index contributed by atoms with van der Waals surface area (Å²) in [4.78, 5) is 4.35. The van der Waals surface area contributed by atoms with Gasteiger partial charge in [-0.15, -0.1) is 0 Å². The molecule has 0 saturated carbocycles. The molecule has 0 spiro atoms. The van der Waals surface area contributed by atoms with Crippen LogP contribution in [0.3, 0.4) is 0 Å². The molecule has 0 fully saturated rings. The fraction of sp³-hybridized carbons (Fsp3) is 0.333. The zero-order chi connectivity index (χ0) is 13.9. The third-order valence-corrected chi connectivity index (χ3v) is 4.60. The van der Waals surface area contributed by atoms with Gasteiger partial charge in [0.25, 0.3) is 0 Å². The molecule has 2 N–H and O–H groups in total. The Kier molecular flexibility index (Phi) is 3.84. The highest BCUT2D eigenvalue weighted by atomic mass is 32.2. The summed E-state index contributed by atoms with van der Waals surface area (Å²) < 4.78 is 24.0. The van der Waals surface area contributed by atoms with Crippen molar-refractivity contribution in [1.29, 1.82) is 0 Å². The van der Waals surface area contributed by atoms with E-state index in [1.54, 1.807) is 31.2 Å². The molecule has 1 atom stereocenters. The second-order valence-corrected chi connectivity index (χ2v) is 6.38. The van der Waals surface area contributed by atoms with Crippen LogP contribution >= 0.6 is 0 Å². The van der Waals surface area contributed by atoms with Gasteiger partial charge < -0.3 is 5.32 Å². The summed E-state index contributed by atoms with van der Waals surface area (Å²) in [6, 6.07) is 6.70. The van der Waals surface area contributed by atoms with Gasteiger partial charge in [-0.05, 0) is 19.1 Å². The second-order valence-electron chi connectivity index (χ2n) is 4.14. The number of hydrogen-bond donors (Lipinski definition) is 2. The van der Waals surface area contributed by atoms with E-state index in [1.807, 2.05) is 6.92 Å². The first kappa shape index (κ1) is 13.5. The predicted octanol–water partition coefficient (Wildman–Crippen LogP) is 1.77. The molecule has 2 aromatic rings. The Bertz CT molecular complexity index is 638. The molecule has 1 aromatic heterocycles. The van der Waals surface area contributed by atoms with Gasteiger partial charge >= 0.3 is 0 Å². The minimum Gasteiger partial charge on any atom is -0.374 e. The average molecular weight is 280 g/mol. The number of rotatable bonds is 5. The highest BCUT2D eigenvalue weighted by Crippen LogP contribution is 2.25. The minimum absolute atomic E-state index is 0.0718. The molecule has 6 nitrogen and oxygen atoms in total. The number of H-pyrrole nitrogens is 1. The first-order valence-corrected chi connectivity index (χ1v) is 7.63. The molecule has 19 heavy (non-hydrogen) atoms. The van der Waals surface area contributed by atoms with Gasteiger partial charge in [-0.2, -0.15) is 5.10 Å². The van der Waals surface area contributed by atoms with Crippen LogP contribution in [0.2, 0.25) is 0 Å². The second kappa shape index (κ2) is 5.40. The zero-order valence-electron chi connectivity index (χ0n) is 10.8. The van der Waals surface area contributed by atoms with Crippen molar-refractivity contribution < 1.29 is 8.42 Å². The number of para-hydroxylation sites is 1. The molecule has 2 rings (SSSR count). The van der Waals surface area contributed by atoms with Crippen molar-refractivity contribution in [2.75, 3.05) is 11.1 Å². The van der Waals surface area contributed by atoms with Crippen molar-refractivity contribution in [2.24, 2.45) is 0 Å². The quantitative estimate of drug-likeness (QED) is 0.871. The van der Waals surface area contributed by atoms with Gasteiger partial charge in [0.1, 0.15) is 12.2 Å². The van der Waals surface area contributed by atoms with Gasteiger partial charge in [-0.25, -0.2) is 13.4 Å². The zero-order valence-corrected chi connectivity index (χ0v) is 11.6. The fourth-order valence-electron chi connectivity index (χ4n) is 1.74. The van der Waals surface area contributed by atoms with E-state index in [9.17, 15) is 8.42 Å². The Hall–Kier alpha value is -1.89. The molecule has 1 aromatic carbocycles. The molecule has 7 heteroatoms. The van der Waals surface area contributed by atoms with E-state index in [1.165, 1.54) is 6.33 Å².